The van der Waals surface area contributed by atoms with Crippen molar-refractivity contribution in [2.45, 2.75) is 6.61 Å². The Morgan fingerprint density at radius 2 is 2.08 bits per heavy atom. The van der Waals surface area contributed by atoms with Crippen LogP contribution in [0.2, 0.25) is 0 Å². The molecule has 2 aromatic carbocycles. The molecule has 3 rings (SSSR count). The standard InChI is InChI=1S/C16H12BrFN4O2/c17-11-5-4-10(13(18)7-11)8-24-12-3-1-2-9(6-12)14-15(16(19)23)21-22-20-14/h1-7H,8H2,(H2,19,23)(H,20,21,22). The van der Waals surface area contributed by atoms with Gasteiger partial charge in [0, 0.05) is 15.6 Å². The monoisotopic (exact) mass is 390 g/mol. The van der Waals surface area contributed by atoms with Crippen molar-refractivity contribution in [2.75, 3.05) is 0 Å². The van der Waals surface area contributed by atoms with E-state index < -0.39 is 5.91 Å². The Balaban J connectivity index is 1.81. The molecule has 3 aromatic rings. The van der Waals surface area contributed by atoms with E-state index in [4.69, 9.17) is 10.5 Å². The molecule has 1 heterocycles. The first-order chi connectivity index (χ1) is 11.5. The summed E-state index contributed by atoms with van der Waals surface area (Å²) < 4.78 is 20.1. The minimum absolute atomic E-state index is 0.0473. The molecule has 0 aliphatic rings. The number of aromatic nitrogens is 3. The number of amides is 1. The zero-order valence-corrected chi connectivity index (χ0v) is 13.9. The fraction of sp³-hybridized carbons (Fsp3) is 0.0625. The molecule has 0 atom stereocenters. The van der Waals surface area contributed by atoms with E-state index in [0.29, 0.717) is 27.0 Å². The maximum Gasteiger partial charge on any atom is 0.271 e. The summed E-state index contributed by atoms with van der Waals surface area (Å²) in [7, 11) is 0. The minimum atomic E-state index is -0.679. The molecule has 3 N–H and O–H groups in total. The van der Waals surface area contributed by atoms with E-state index in [1.54, 1.807) is 36.4 Å². The van der Waals surface area contributed by atoms with Crippen molar-refractivity contribution in [3.8, 4) is 17.0 Å². The molecule has 1 amide bonds. The Morgan fingerprint density at radius 3 is 2.83 bits per heavy atom. The van der Waals surface area contributed by atoms with Crippen LogP contribution in [0.3, 0.4) is 0 Å². The second kappa shape index (κ2) is 6.79. The van der Waals surface area contributed by atoms with Gasteiger partial charge in [-0.1, -0.05) is 34.1 Å². The van der Waals surface area contributed by atoms with Crippen LogP contribution in [-0.4, -0.2) is 21.3 Å². The molecule has 0 unspecified atom stereocenters. The predicted octanol–water partition coefficient (Wildman–Crippen LogP) is 3.05. The number of nitrogens with one attached hydrogen (secondary N) is 1. The van der Waals surface area contributed by atoms with Crippen molar-refractivity contribution < 1.29 is 13.9 Å². The fourth-order valence-electron chi connectivity index (χ4n) is 2.14. The van der Waals surface area contributed by atoms with E-state index in [1.165, 1.54) is 6.07 Å². The number of hydrogen-bond donors (Lipinski definition) is 2. The minimum Gasteiger partial charge on any atom is -0.489 e. The van der Waals surface area contributed by atoms with Gasteiger partial charge in [0.05, 0.1) is 0 Å². The number of hydrogen-bond acceptors (Lipinski definition) is 4. The number of H-pyrrole nitrogens is 1. The van der Waals surface area contributed by atoms with Crippen molar-refractivity contribution >= 4 is 21.8 Å². The number of ether oxygens (including phenoxy) is 1. The summed E-state index contributed by atoms with van der Waals surface area (Å²) in [5.74, 6) is -0.525. The summed E-state index contributed by atoms with van der Waals surface area (Å²) in [6.07, 6.45) is 0. The van der Waals surface area contributed by atoms with E-state index >= 15 is 0 Å². The normalized spacial score (nSPS) is 10.6. The predicted molar refractivity (Wildman–Crippen MR) is 88.8 cm³/mol. The van der Waals surface area contributed by atoms with Gasteiger partial charge >= 0.3 is 0 Å². The van der Waals surface area contributed by atoms with Crippen molar-refractivity contribution in [2.24, 2.45) is 5.73 Å². The van der Waals surface area contributed by atoms with E-state index in [1.807, 2.05) is 0 Å². The van der Waals surface area contributed by atoms with Gasteiger partial charge in [-0.05, 0) is 24.3 Å². The van der Waals surface area contributed by atoms with Gasteiger partial charge in [-0.3, -0.25) is 4.79 Å². The molecule has 0 spiro atoms. The van der Waals surface area contributed by atoms with Crippen LogP contribution in [0.5, 0.6) is 5.75 Å². The molecule has 6 nitrogen and oxygen atoms in total. The Labute approximate surface area is 145 Å². The Kier molecular flexibility index (Phi) is 4.57. The lowest BCUT2D eigenvalue weighted by Crippen LogP contribution is -2.12. The molecule has 8 heteroatoms. The van der Waals surface area contributed by atoms with Crippen molar-refractivity contribution in [1.29, 1.82) is 0 Å². The number of nitrogens with two attached hydrogens (primary N) is 1. The summed E-state index contributed by atoms with van der Waals surface area (Å²) in [4.78, 5) is 11.3. The topological polar surface area (TPSA) is 93.9 Å². The molecule has 0 saturated heterocycles. The SMILES string of the molecule is NC(=O)c1n[nH]nc1-c1cccc(OCc2ccc(Br)cc2F)c1. The van der Waals surface area contributed by atoms with Gasteiger partial charge in [0.15, 0.2) is 5.69 Å². The lowest BCUT2D eigenvalue weighted by molar-refractivity contribution is 0.0996. The zero-order chi connectivity index (χ0) is 17.1. The second-order valence-electron chi connectivity index (χ2n) is 4.94. The maximum absolute atomic E-state index is 13.8. The van der Waals surface area contributed by atoms with Crippen molar-refractivity contribution in [3.63, 3.8) is 0 Å². The quantitative estimate of drug-likeness (QED) is 0.699. The summed E-state index contributed by atoms with van der Waals surface area (Å²) in [6.45, 7) is 0.0735. The van der Waals surface area contributed by atoms with Crippen LogP contribution < -0.4 is 10.5 Å². The number of primary amides is 1. The summed E-state index contributed by atoms with van der Waals surface area (Å²) in [5, 5.41) is 10.0. The average molecular weight is 391 g/mol. The molecule has 0 bridgehead atoms. The lowest BCUT2D eigenvalue weighted by atomic mass is 10.1. The Bertz CT molecular complexity index is 897. The Morgan fingerprint density at radius 1 is 1.25 bits per heavy atom. The van der Waals surface area contributed by atoms with Gasteiger partial charge in [0.2, 0.25) is 0 Å². The Hall–Kier alpha value is -2.74. The molecule has 0 radical (unpaired) electrons. The molecular formula is C16H12BrFN4O2. The first-order valence-electron chi connectivity index (χ1n) is 6.92. The fourth-order valence-corrected chi connectivity index (χ4v) is 2.47. The molecule has 122 valence electrons. The third-order valence-corrected chi connectivity index (χ3v) is 3.79. The van der Waals surface area contributed by atoms with Crippen LogP contribution in [-0.2, 0) is 6.61 Å². The summed E-state index contributed by atoms with van der Waals surface area (Å²) in [5.41, 5.74) is 6.69. The van der Waals surface area contributed by atoms with E-state index in [-0.39, 0.29) is 18.1 Å². The largest absolute Gasteiger partial charge is 0.489 e. The summed E-state index contributed by atoms with van der Waals surface area (Å²) in [6, 6.07) is 11.7. The molecule has 24 heavy (non-hydrogen) atoms. The molecular weight excluding hydrogens is 379 g/mol. The van der Waals surface area contributed by atoms with Crippen molar-refractivity contribution in [1.82, 2.24) is 15.4 Å². The highest BCUT2D eigenvalue weighted by atomic mass is 79.9. The van der Waals surface area contributed by atoms with Crippen molar-refractivity contribution in [3.05, 3.63) is 64.0 Å². The van der Waals surface area contributed by atoms with Gasteiger partial charge in [0.25, 0.3) is 5.91 Å². The molecule has 0 saturated carbocycles. The number of carbonyl (C=O) groups excluding carboxylic acids is 1. The molecule has 0 aliphatic heterocycles. The van der Waals surface area contributed by atoms with Crippen LogP contribution in [0.4, 0.5) is 4.39 Å². The van der Waals surface area contributed by atoms with Gasteiger partial charge in [0.1, 0.15) is 23.9 Å². The molecule has 1 aromatic heterocycles. The first-order valence-corrected chi connectivity index (χ1v) is 7.71. The number of benzene rings is 2. The highest BCUT2D eigenvalue weighted by Gasteiger charge is 2.15. The number of nitrogens with zero attached hydrogens (tertiary/aromatic N) is 2. The molecule has 0 fully saturated rings. The van der Waals surface area contributed by atoms with E-state index in [9.17, 15) is 9.18 Å². The highest BCUT2D eigenvalue weighted by Crippen LogP contribution is 2.25. The third kappa shape index (κ3) is 3.43. The number of halogens is 2. The van der Waals surface area contributed by atoms with Gasteiger partial charge in [-0.2, -0.15) is 15.4 Å². The maximum atomic E-state index is 13.8. The van der Waals surface area contributed by atoms with E-state index in [2.05, 4.69) is 31.3 Å². The first kappa shape index (κ1) is 16.1. The van der Waals surface area contributed by atoms with Gasteiger partial charge in [-0.15, -0.1) is 0 Å². The van der Waals surface area contributed by atoms with Crippen LogP contribution in [0, 0.1) is 5.82 Å². The number of rotatable bonds is 5. The number of aromatic amines is 1. The van der Waals surface area contributed by atoms with E-state index in [0.717, 1.165) is 0 Å². The number of carbonyl (C=O) groups is 1. The third-order valence-electron chi connectivity index (χ3n) is 3.30. The lowest BCUT2D eigenvalue weighted by Gasteiger charge is -2.08. The van der Waals surface area contributed by atoms with Gasteiger partial charge < -0.3 is 10.5 Å². The summed E-state index contributed by atoms with van der Waals surface area (Å²) >= 11 is 3.21. The molecule has 0 aliphatic carbocycles. The van der Waals surface area contributed by atoms with Crippen LogP contribution in [0.15, 0.2) is 46.9 Å². The highest BCUT2D eigenvalue weighted by molar-refractivity contribution is 9.10. The second-order valence-corrected chi connectivity index (χ2v) is 5.85. The van der Waals surface area contributed by atoms with Gasteiger partial charge in [-0.25, -0.2) is 4.39 Å². The van der Waals surface area contributed by atoms with Crippen LogP contribution >= 0.6 is 15.9 Å². The smallest absolute Gasteiger partial charge is 0.271 e. The zero-order valence-electron chi connectivity index (χ0n) is 12.3. The average Bonchev–Trinajstić information content (AvgIpc) is 3.04. The van der Waals surface area contributed by atoms with Crippen LogP contribution in [0.25, 0.3) is 11.3 Å². The van der Waals surface area contributed by atoms with Crippen LogP contribution in [0.1, 0.15) is 16.1 Å².